The molecule has 2 aromatic carbocycles. The van der Waals surface area contributed by atoms with Gasteiger partial charge in [-0.2, -0.15) is 5.10 Å². The van der Waals surface area contributed by atoms with Crippen LogP contribution >= 0.6 is 0 Å². The second-order valence-corrected chi connectivity index (χ2v) is 4.83. The monoisotopic (exact) mass is 328 g/mol. The van der Waals surface area contributed by atoms with Crippen LogP contribution in [-0.2, 0) is 0 Å². The number of benzene rings is 2. The molecule has 0 unspecified atom stereocenters. The normalized spacial score (nSPS) is 10.6. The van der Waals surface area contributed by atoms with Crippen molar-refractivity contribution in [1.29, 1.82) is 0 Å². The molecule has 6 nitrogen and oxygen atoms in total. The fourth-order valence-electron chi connectivity index (χ4n) is 2.05. The van der Waals surface area contributed by atoms with E-state index in [1.54, 1.807) is 18.3 Å². The zero-order valence-electron chi connectivity index (χ0n) is 13.7. The first kappa shape index (κ1) is 17.3. The number of carbonyl (C=O) groups is 1. The summed E-state index contributed by atoms with van der Waals surface area (Å²) in [7, 11) is 0. The molecule has 0 heterocycles. The van der Waals surface area contributed by atoms with Gasteiger partial charge in [-0.15, -0.1) is 0 Å². The first-order valence-corrected chi connectivity index (χ1v) is 7.66. The molecule has 0 aliphatic rings. The number of rotatable bonds is 8. The van der Waals surface area contributed by atoms with E-state index in [0.29, 0.717) is 30.4 Å². The molecule has 2 aromatic rings. The Labute approximate surface area is 140 Å². The number of carboxylic acids is 1. The van der Waals surface area contributed by atoms with Gasteiger partial charge in [-0.1, -0.05) is 6.07 Å². The molecule has 0 atom stereocenters. The molecule has 24 heavy (non-hydrogen) atoms. The number of carboxylic acid groups (broad SMARTS) is 1. The van der Waals surface area contributed by atoms with Gasteiger partial charge in [0.25, 0.3) is 0 Å². The fraction of sp³-hybridized carbons (Fsp3) is 0.222. The van der Waals surface area contributed by atoms with Gasteiger partial charge in [0.15, 0.2) is 11.5 Å². The second-order valence-electron chi connectivity index (χ2n) is 4.83. The predicted molar refractivity (Wildman–Crippen MR) is 93.4 cm³/mol. The summed E-state index contributed by atoms with van der Waals surface area (Å²) in [6, 6.07) is 12.0. The van der Waals surface area contributed by atoms with E-state index in [4.69, 9.17) is 14.6 Å². The van der Waals surface area contributed by atoms with Crippen molar-refractivity contribution >= 4 is 17.9 Å². The summed E-state index contributed by atoms with van der Waals surface area (Å²) in [6.07, 6.45) is 1.63. The number of nitrogens with zero attached hydrogens (tertiary/aromatic N) is 1. The Bertz CT molecular complexity index is 729. The topological polar surface area (TPSA) is 80.2 Å². The molecular weight excluding hydrogens is 308 g/mol. The van der Waals surface area contributed by atoms with Crippen LogP contribution in [0.2, 0.25) is 0 Å². The lowest BCUT2D eigenvalue weighted by molar-refractivity contribution is 0.0697. The quantitative estimate of drug-likeness (QED) is 0.571. The summed E-state index contributed by atoms with van der Waals surface area (Å²) in [6.45, 7) is 4.93. The van der Waals surface area contributed by atoms with E-state index in [2.05, 4.69) is 10.5 Å². The highest BCUT2D eigenvalue weighted by atomic mass is 16.5. The number of hydrazone groups is 1. The average molecular weight is 328 g/mol. The lowest BCUT2D eigenvalue weighted by atomic mass is 10.2. The van der Waals surface area contributed by atoms with Crippen LogP contribution < -0.4 is 14.9 Å². The minimum atomic E-state index is -0.976. The van der Waals surface area contributed by atoms with Crippen molar-refractivity contribution in [3.8, 4) is 11.5 Å². The molecular formula is C18H20N2O4. The molecule has 2 N–H and O–H groups in total. The lowest BCUT2D eigenvalue weighted by Crippen LogP contribution is -2.00. The number of anilines is 1. The van der Waals surface area contributed by atoms with Gasteiger partial charge >= 0.3 is 5.97 Å². The highest BCUT2D eigenvalue weighted by molar-refractivity contribution is 5.89. The largest absolute Gasteiger partial charge is 0.490 e. The van der Waals surface area contributed by atoms with Crippen molar-refractivity contribution < 1.29 is 19.4 Å². The van der Waals surface area contributed by atoms with E-state index < -0.39 is 5.97 Å². The van der Waals surface area contributed by atoms with Crippen LogP contribution in [0.4, 0.5) is 5.69 Å². The van der Waals surface area contributed by atoms with Crippen LogP contribution in [0.3, 0.4) is 0 Å². The molecule has 2 rings (SSSR count). The number of aromatic carboxylic acids is 1. The van der Waals surface area contributed by atoms with Crippen molar-refractivity contribution in [3.63, 3.8) is 0 Å². The maximum atomic E-state index is 10.9. The van der Waals surface area contributed by atoms with Crippen molar-refractivity contribution in [2.45, 2.75) is 13.8 Å². The maximum Gasteiger partial charge on any atom is 0.335 e. The Morgan fingerprint density at radius 2 is 1.88 bits per heavy atom. The van der Waals surface area contributed by atoms with Crippen molar-refractivity contribution in [2.75, 3.05) is 18.6 Å². The Morgan fingerprint density at radius 1 is 1.12 bits per heavy atom. The number of ether oxygens (including phenoxy) is 2. The SMILES string of the molecule is CCOc1ccc(C=NNc2cccc(C(=O)O)c2)cc1OCC. The van der Waals surface area contributed by atoms with Gasteiger partial charge in [-0.05, 0) is 55.8 Å². The highest BCUT2D eigenvalue weighted by Crippen LogP contribution is 2.28. The van der Waals surface area contributed by atoms with Gasteiger partial charge in [-0.3, -0.25) is 5.43 Å². The molecule has 0 bridgehead atoms. The molecule has 0 aromatic heterocycles. The minimum absolute atomic E-state index is 0.204. The van der Waals surface area contributed by atoms with Crippen LogP contribution in [0, 0.1) is 0 Å². The minimum Gasteiger partial charge on any atom is -0.490 e. The van der Waals surface area contributed by atoms with Gasteiger partial charge in [0.05, 0.1) is 30.7 Å². The highest BCUT2D eigenvalue weighted by Gasteiger charge is 2.05. The van der Waals surface area contributed by atoms with Gasteiger partial charge < -0.3 is 14.6 Å². The Morgan fingerprint density at radius 3 is 2.58 bits per heavy atom. The summed E-state index contributed by atoms with van der Waals surface area (Å²) in [4.78, 5) is 10.9. The summed E-state index contributed by atoms with van der Waals surface area (Å²) in [5, 5.41) is 13.1. The zero-order chi connectivity index (χ0) is 17.4. The van der Waals surface area contributed by atoms with Crippen molar-refractivity contribution in [1.82, 2.24) is 0 Å². The van der Waals surface area contributed by atoms with E-state index in [1.165, 1.54) is 12.1 Å². The Hall–Kier alpha value is -3.02. The van der Waals surface area contributed by atoms with E-state index in [0.717, 1.165) is 5.56 Å². The molecule has 0 spiro atoms. The van der Waals surface area contributed by atoms with Crippen LogP contribution in [0.1, 0.15) is 29.8 Å². The molecule has 0 saturated carbocycles. The van der Waals surface area contributed by atoms with E-state index in [1.807, 2.05) is 32.0 Å². The summed E-state index contributed by atoms with van der Waals surface area (Å²) in [5.41, 5.74) is 4.45. The van der Waals surface area contributed by atoms with Gasteiger partial charge in [0.1, 0.15) is 0 Å². The Balaban J connectivity index is 2.09. The summed E-state index contributed by atoms with van der Waals surface area (Å²) >= 11 is 0. The van der Waals surface area contributed by atoms with Crippen molar-refractivity contribution in [3.05, 3.63) is 53.6 Å². The van der Waals surface area contributed by atoms with Crippen LogP contribution in [0.15, 0.2) is 47.6 Å². The first-order chi connectivity index (χ1) is 11.6. The second kappa shape index (κ2) is 8.57. The molecule has 0 saturated heterocycles. The third kappa shape index (κ3) is 4.74. The van der Waals surface area contributed by atoms with Gasteiger partial charge in [0.2, 0.25) is 0 Å². The molecule has 0 amide bonds. The Kier molecular flexibility index (Phi) is 6.19. The van der Waals surface area contributed by atoms with Gasteiger partial charge in [0, 0.05) is 0 Å². The summed E-state index contributed by atoms with van der Waals surface area (Å²) < 4.78 is 11.1. The third-order valence-corrected chi connectivity index (χ3v) is 3.08. The first-order valence-electron chi connectivity index (χ1n) is 7.66. The van der Waals surface area contributed by atoms with E-state index in [9.17, 15) is 4.79 Å². The molecule has 0 radical (unpaired) electrons. The molecule has 126 valence electrons. The summed E-state index contributed by atoms with van der Waals surface area (Å²) in [5.74, 6) is 0.380. The molecule has 0 fully saturated rings. The van der Waals surface area contributed by atoms with Crippen LogP contribution in [0.25, 0.3) is 0 Å². The standard InChI is InChI=1S/C18H20N2O4/c1-3-23-16-9-8-13(10-17(16)24-4-2)12-19-20-15-7-5-6-14(11-15)18(21)22/h5-12,20H,3-4H2,1-2H3,(H,21,22). The third-order valence-electron chi connectivity index (χ3n) is 3.08. The maximum absolute atomic E-state index is 10.9. The molecule has 6 heteroatoms. The number of hydrogen-bond donors (Lipinski definition) is 2. The van der Waals surface area contributed by atoms with Crippen LogP contribution in [-0.4, -0.2) is 30.5 Å². The fourth-order valence-corrected chi connectivity index (χ4v) is 2.05. The predicted octanol–water partition coefficient (Wildman–Crippen LogP) is 3.63. The molecule has 0 aliphatic carbocycles. The lowest BCUT2D eigenvalue weighted by Gasteiger charge is -2.11. The van der Waals surface area contributed by atoms with E-state index in [-0.39, 0.29) is 5.56 Å². The zero-order valence-corrected chi connectivity index (χ0v) is 13.7. The van der Waals surface area contributed by atoms with E-state index >= 15 is 0 Å². The molecule has 0 aliphatic heterocycles. The van der Waals surface area contributed by atoms with Gasteiger partial charge in [-0.25, -0.2) is 4.79 Å². The van der Waals surface area contributed by atoms with Crippen molar-refractivity contribution in [2.24, 2.45) is 5.10 Å². The smallest absolute Gasteiger partial charge is 0.335 e. The average Bonchev–Trinajstić information content (AvgIpc) is 2.58. The number of nitrogens with one attached hydrogen (secondary N) is 1. The van der Waals surface area contributed by atoms with Crippen LogP contribution in [0.5, 0.6) is 11.5 Å². The number of hydrogen-bond acceptors (Lipinski definition) is 5.